The smallest absolute Gasteiger partial charge is 0.340 e. The third kappa shape index (κ3) is 5.82. The number of imide groups is 1. The van der Waals surface area contributed by atoms with Gasteiger partial charge < -0.3 is 23.9 Å². The fourth-order valence-electron chi connectivity index (χ4n) is 5.31. The lowest BCUT2D eigenvalue weighted by Crippen LogP contribution is -2.22. The summed E-state index contributed by atoms with van der Waals surface area (Å²) in [4.78, 5) is 44.7. The van der Waals surface area contributed by atoms with Gasteiger partial charge in [-0.05, 0) is 45.6 Å². The monoisotopic (exact) mass is 556 g/mol. The van der Waals surface area contributed by atoms with Crippen molar-refractivity contribution in [1.82, 2.24) is 19.8 Å². The molecule has 2 N–H and O–H groups in total. The van der Waals surface area contributed by atoms with Crippen molar-refractivity contribution in [1.29, 1.82) is 0 Å². The topological polar surface area (TPSA) is 106 Å². The van der Waals surface area contributed by atoms with Crippen molar-refractivity contribution in [2.75, 3.05) is 40.5 Å². The van der Waals surface area contributed by atoms with Crippen LogP contribution in [-0.4, -0.2) is 72.7 Å². The molecular weight excluding hydrogens is 520 g/mol. The number of aromatic nitrogens is 2. The number of rotatable bonds is 13. The van der Waals surface area contributed by atoms with E-state index in [1.807, 2.05) is 50.6 Å². The Morgan fingerprint density at radius 3 is 2.44 bits per heavy atom. The summed E-state index contributed by atoms with van der Waals surface area (Å²) >= 11 is 0. The second-order valence-electron chi connectivity index (χ2n) is 10.5. The van der Waals surface area contributed by atoms with Crippen molar-refractivity contribution in [2.45, 2.75) is 32.7 Å². The normalized spacial score (nSPS) is 13.7. The summed E-state index contributed by atoms with van der Waals surface area (Å²) in [6.07, 6.45) is 6.59. The molecule has 0 fully saturated rings. The Balaban J connectivity index is 1.51. The molecule has 41 heavy (non-hydrogen) atoms. The molecule has 9 heteroatoms. The van der Waals surface area contributed by atoms with Gasteiger partial charge in [-0.2, -0.15) is 0 Å². The minimum Gasteiger partial charge on any atom is -0.460 e. The SMILES string of the molecule is CCCCOCCOC(=O)c1cccc2c(C3=C(c4cn(CCCN(C)C)c5ccccc45)C(=O)NC3=O)c[nH]c12. The summed E-state index contributed by atoms with van der Waals surface area (Å²) in [5.41, 5.74) is 3.78. The van der Waals surface area contributed by atoms with E-state index in [-0.39, 0.29) is 12.2 Å². The summed E-state index contributed by atoms with van der Waals surface area (Å²) in [7, 11) is 4.08. The maximum atomic E-state index is 13.3. The minimum atomic E-state index is -0.481. The van der Waals surface area contributed by atoms with Gasteiger partial charge in [0.15, 0.2) is 0 Å². The number of aryl methyl sites for hydroxylation is 1. The molecule has 5 rings (SSSR count). The zero-order valence-electron chi connectivity index (χ0n) is 23.8. The molecule has 9 nitrogen and oxygen atoms in total. The number of carbonyl (C=O) groups is 3. The van der Waals surface area contributed by atoms with E-state index in [2.05, 4.69) is 26.7 Å². The molecule has 0 saturated heterocycles. The van der Waals surface area contributed by atoms with Crippen molar-refractivity contribution >= 4 is 50.7 Å². The standard InChI is InChI=1S/C32H36N4O5/c1-4-5-16-40-17-18-41-32(39)23-12-8-11-22-24(19-33-29(22)23)27-28(31(38)34-30(27)37)25-20-36(15-9-14-35(2)3)26-13-7-6-10-21(25)26/h6-8,10-13,19-20,33H,4-5,9,14-18H2,1-3H3,(H,34,37,38). The summed E-state index contributed by atoms with van der Waals surface area (Å²) < 4.78 is 13.1. The third-order valence-electron chi connectivity index (χ3n) is 7.30. The molecule has 2 amide bonds. The number of nitrogens with one attached hydrogen (secondary N) is 2. The number of fused-ring (bicyclic) bond motifs is 2. The van der Waals surface area contributed by atoms with Crippen LogP contribution >= 0.6 is 0 Å². The number of hydrogen-bond donors (Lipinski definition) is 2. The first kappa shape index (κ1) is 28.3. The van der Waals surface area contributed by atoms with Gasteiger partial charge in [0.1, 0.15) is 6.61 Å². The molecule has 0 aliphatic carbocycles. The molecule has 4 aromatic rings. The van der Waals surface area contributed by atoms with E-state index in [1.54, 1.807) is 18.3 Å². The Morgan fingerprint density at radius 2 is 1.66 bits per heavy atom. The number of unbranched alkanes of at least 4 members (excludes halogenated alkanes) is 1. The van der Waals surface area contributed by atoms with Crippen LogP contribution in [0.2, 0.25) is 0 Å². The first-order chi connectivity index (χ1) is 19.9. The Labute approximate surface area is 239 Å². The molecule has 214 valence electrons. The summed E-state index contributed by atoms with van der Waals surface area (Å²) in [6.45, 7) is 4.91. The number of esters is 1. The van der Waals surface area contributed by atoms with E-state index in [1.165, 1.54) is 0 Å². The molecule has 0 spiro atoms. The highest BCUT2D eigenvalue weighted by molar-refractivity contribution is 6.50. The van der Waals surface area contributed by atoms with Crippen molar-refractivity contribution in [3.63, 3.8) is 0 Å². The highest BCUT2D eigenvalue weighted by Crippen LogP contribution is 2.38. The quantitative estimate of drug-likeness (QED) is 0.142. The molecular formula is C32H36N4O5. The molecule has 0 atom stereocenters. The maximum absolute atomic E-state index is 13.3. The average Bonchev–Trinajstić information content (AvgIpc) is 3.62. The fraction of sp³-hybridized carbons (Fsp3) is 0.344. The van der Waals surface area contributed by atoms with Crippen LogP contribution < -0.4 is 5.32 Å². The van der Waals surface area contributed by atoms with Crippen LogP contribution in [0.3, 0.4) is 0 Å². The highest BCUT2D eigenvalue weighted by Gasteiger charge is 2.35. The number of amides is 2. The predicted octanol–water partition coefficient (Wildman–Crippen LogP) is 4.62. The summed E-state index contributed by atoms with van der Waals surface area (Å²) in [6, 6.07) is 13.2. The first-order valence-electron chi connectivity index (χ1n) is 14.1. The summed E-state index contributed by atoms with van der Waals surface area (Å²) in [5, 5.41) is 4.06. The van der Waals surface area contributed by atoms with E-state index < -0.39 is 17.8 Å². The van der Waals surface area contributed by atoms with Gasteiger partial charge in [-0.3, -0.25) is 14.9 Å². The number of nitrogens with zero attached hydrogens (tertiary/aromatic N) is 2. The Hall–Kier alpha value is -4.21. The second kappa shape index (κ2) is 12.5. The maximum Gasteiger partial charge on any atom is 0.340 e. The average molecular weight is 557 g/mol. The highest BCUT2D eigenvalue weighted by atomic mass is 16.6. The molecule has 1 aliphatic heterocycles. The van der Waals surface area contributed by atoms with E-state index in [4.69, 9.17) is 9.47 Å². The number of carbonyl (C=O) groups excluding carboxylic acids is 3. The second-order valence-corrected chi connectivity index (χ2v) is 10.5. The third-order valence-corrected chi connectivity index (χ3v) is 7.30. The number of aromatic amines is 1. The fourth-order valence-corrected chi connectivity index (χ4v) is 5.31. The van der Waals surface area contributed by atoms with Crippen LogP contribution in [-0.2, 0) is 25.6 Å². The van der Waals surface area contributed by atoms with Gasteiger partial charge in [-0.25, -0.2) is 4.79 Å². The number of para-hydroxylation sites is 2. The lowest BCUT2D eigenvalue weighted by molar-refractivity contribution is -0.122. The van der Waals surface area contributed by atoms with E-state index in [0.717, 1.165) is 43.3 Å². The van der Waals surface area contributed by atoms with Gasteiger partial charge in [0, 0.05) is 53.0 Å². The van der Waals surface area contributed by atoms with Gasteiger partial charge in [-0.1, -0.05) is 43.7 Å². The summed E-state index contributed by atoms with van der Waals surface area (Å²) in [5.74, 6) is -1.38. The molecule has 1 aliphatic rings. The van der Waals surface area contributed by atoms with Gasteiger partial charge in [-0.15, -0.1) is 0 Å². The van der Waals surface area contributed by atoms with Crippen molar-refractivity contribution in [2.24, 2.45) is 0 Å². The number of benzene rings is 2. The van der Waals surface area contributed by atoms with Crippen LogP contribution in [0.4, 0.5) is 0 Å². The Morgan fingerprint density at radius 1 is 0.902 bits per heavy atom. The van der Waals surface area contributed by atoms with Crippen molar-refractivity contribution in [3.05, 3.63) is 71.5 Å². The molecule has 3 heterocycles. The molecule has 2 aromatic carbocycles. The number of H-pyrrole nitrogens is 1. The van der Waals surface area contributed by atoms with Gasteiger partial charge >= 0.3 is 5.97 Å². The molecule has 0 radical (unpaired) electrons. The molecule has 0 unspecified atom stereocenters. The van der Waals surface area contributed by atoms with Crippen LogP contribution in [0, 0.1) is 0 Å². The van der Waals surface area contributed by atoms with Crippen LogP contribution in [0.25, 0.3) is 33.0 Å². The van der Waals surface area contributed by atoms with Crippen molar-refractivity contribution in [3.8, 4) is 0 Å². The number of hydrogen-bond acceptors (Lipinski definition) is 6. The van der Waals surface area contributed by atoms with Crippen molar-refractivity contribution < 1.29 is 23.9 Å². The molecule has 2 aromatic heterocycles. The van der Waals surface area contributed by atoms with E-state index >= 15 is 0 Å². The lowest BCUT2D eigenvalue weighted by atomic mass is 9.95. The van der Waals surface area contributed by atoms with E-state index in [0.29, 0.717) is 46.4 Å². The molecule has 0 bridgehead atoms. The van der Waals surface area contributed by atoms with Crippen LogP contribution in [0.5, 0.6) is 0 Å². The Bertz CT molecular complexity index is 1630. The zero-order chi connectivity index (χ0) is 28.9. The zero-order valence-corrected chi connectivity index (χ0v) is 23.8. The van der Waals surface area contributed by atoms with Crippen LogP contribution in [0.1, 0.15) is 47.7 Å². The van der Waals surface area contributed by atoms with Gasteiger partial charge in [0.2, 0.25) is 0 Å². The largest absolute Gasteiger partial charge is 0.460 e. The van der Waals surface area contributed by atoms with Gasteiger partial charge in [0.25, 0.3) is 11.8 Å². The van der Waals surface area contributed by atoms with Crippen LogP contribution in [0.15, 0.2) is 54.9 Å². The first-order valence-corrected chi connectivity index (χ1v) is 14.1. The lowest BCUT2D eigenvalue weighted by Gasteiger charge is -2.10. The minimum absolute atomic E-state index is 0.150. The van der Waals surface area contributed by atoms with Gasteiger partial charge in [0.05, 0.1) is 28.8 Å². The molecule has 0 saturated carbocycles. The van der Waals surface area contributed by atoms with E-state index in [9.17, 15) is 14.4 Å². The number of ether oxygens (including phenoxy) is 2. The Kier molecular flexibility index (Phi) is 8.66. The predicted molar refractivity (Wildman–Crippen MR) is 159 cm³/mol.